The fourth-order valence-electron chi connectivity index (χ4n) is 7.68. The number of allylic oxidation sites excluding steroid dienone is 1. The van der Waals surface area contributed by atoms with Crippen molar-refractivity contribution in [2.45, 2.75) is 115 Å². The summed E-state index contributed by atoms with van der Waals surface area (Å²) in [5, 5.41) is 11.5. The third kappa shape index (κ3) is 7.68. The summed E-state index contributed by atoms with van der Waals surface area (Å²) in [6.07, 6.45) is 13.8. The predicted octanol–water partition coefficient (Wildman–Crippen LogP) is 3.37. The van der Waals surface area contributed by atoms with Gasteiger partial charge in [0.1, 0.15) is 12.1 Å². The standard InChI is InChI=1S/C33H51N5O5/c1-5-7-18-24(28(39)30(41)34-19-6-2)36-29(40)27-25-23(33(25,3)4)20-38(27)31(42)26(21-14-10-8-11-15-21)37-32(43)35-22-16-12-9-13-17-22/h5-6,21-27H,1-2,7-20H2,3-4H3,(H,34,41)(H,36,40)(H2,35,37,43). The van der Waals surface area contributed by atoms with Gasteiger partial charge in [0.25, 0.3) is 5.91 Å². The van der Waals surface area contributed by atoms with E-state index in [2.05, 4.69) is 48.3 Å². The SMILES string of the molecule is C=CCCC(NC(=O)C1C2C(CN1C(=O)C(NC(=O)NC1CCCCC1)C1CCCCC1)C2(C)C)C(=O)C(=O)NCC=C. The number of nitrogens with zero attached hydrogens (tertiary/aromatic N) is 1. The second-order valence-corrected chi connectivity index (χ2v) is 13.5. The van der Waals surface area contributed by atoms with Crippen LogP contribution in [0.5, 0.6) is 0 Å². The predicted molar refractivity (Wildman–Crippen MR) is 165 cm³/mol. The number of carbonyl (C=O) groups is 5. The van der Waals surface area contributed by atoms with Gasteiger partial charge in [-0.1, -0.05) is 64.5 Å². The number of Topliss-reactive ketones (excluding diaryl/α,β-unsaturated/α-hetero) is 1. The molecule has 3 saturated carbocycles. The van der Waals surface area contributed by atoms with Crippen molar-refractivity contribution in [3.05, 3.63) is 25.3 Å². The van der Waals surface area contributed by atoms with Crippen LogP contribution in [0.4, 0.5) is 4.79 Å². The number of fused-ring (bicyclic) bond motifs is 1. The van der Waals surface area contributed by atoms with Gasteiger partial charge in [-0.15, -0.1) is 13.2 Å². The summed E-state index contributed by atoms with van der Waals surface area (Å²) in [5.74, 6) is -2.10. The number of hydrogen-bond donors (Lipinski definition) is 4. The second-order valence-electron chi connectivity index (χ2n) is 13.5. The molecule has 3 aliphatic carbocycles. The van der Waals surface area contributed by atoms with Crippen LogP contribution >= 0.6 is 0 Å². The molecule has 10 heteroatoms. The largest absolute Gasteiger partial charge is 0.346 e. The highest BCUT2D eigenvalue weighted by Gasteiger charge is 2.69. The molecular weight excluding hydrogens is 546 g/mol. The summed E-state index contributed by atoms with van der Waals surface area (Å²) in [6.45, 7) is 12.0. The first-order chi connectivity index (χ1) is 20.6. The van der Waals surface area contributed by atoms with Crippen molar-refractivity contribution in [3.8, 4) is 0 Å². The molecule has 4 aliphatic rings. The Hall–Kier alpha value is -3.17. The number of hydrogen-bond acceptors (Lipinski definition) is 5. The summed E-state index contributed by atoms with van der Waals surface area (Å²) in [4.78, 5) is 68.6. The van der Waals surface area contributed by atoms with Crippen molar-refractivity contribution in [2.75, 3.05) is 13.1 Å². The zero-order valence-electron chi connectivity index (χ0n) is 26.0. The third-order valence-corrected chi connectivity index (χ3v) is 10.3. The van der Waals surface area contributed by atoms with E-state index in [0.29, 0.717) is 13.0 Å². The Morgan fingerprint density at radius 1 is 0.907 bits per heavy atom. The van der Waals surface area contributed by atoms with Crippen LogP contribution in [0, 0.1) is 23.2 Å². The molecule has 0 aromatic heterocycles. The second kappa shape index (κ2) is 14.5. The summed E-state index contributed by atoms with van der Waals surface area (Å²) >= 11 is 0. The molecule has 4 N–H and O–H groups in total. The Labute approximate surface area is 256 Å². The fraction of sp³-hybridized carbons (Fsp3) is 0.727. The number of urea groups is 1. The molecule has 0 bridgehead atoms. The van der Waals surface area contributed by atoms with Crippen molar-refractivity contribution in [1.82, 2.24) is 26.2 Å². The van der Waals surface area contributed by atoms with Crippen molar-refractivity contribution in [3.63, 3.8) is 0 Å². The lowest BCUT2D eigenvalue weighted by molar-refractivity contribution is -0.144. The van der Waals surface area contributed by atoms with Crippen LogP contribution in [0.2, 0.25) is 0 Å². The minimum Gasteiger partial charge on any atom is -0.346 e. The van der Waals surface area contributed by atoms with E-state index in [1.54, 1.807) is 11.0 Å². The average molecular weight is 598 g/mol. The van der Waals surface area contributed by atoms with E-state index in [1.165, 1.54) is 12.5 Å². The molecule has 0 aromatic rings. The molecule has 238 valence electrons. The number of piperidine rings is 1. The molecule has 5 unspecified atom stereocenters. The van der Waals surface area contributed by atoms with Gasteiger partial charge >= 0.3 is 6.03 Å². The quantitative estimate of drug-likeness (QED) is 0.191. The van der Waals surface area contributed by atoms with E-state index < -0.39 is 35.7 Å². The minimum absolute atomic E-state index is 0.00229. The van der Waals surface area contributed by atoms with E-state index >= 15 is 0 Å². The molecular formula is C33H51N5O5. The van der Waals surface area contributed by atoms with Gasteiger partial charge in [-0.3, -0.25) is 19.2 Å². The summed E-state index contributed by atoms with van der Waals surface area (Å²) in [5.41, 5.74) is -0.132. The molecule has 10 nitrogen and oxygen atoms in total. The van der Waals surface area contributed by atoms with Crippen LogP contribution in [0.1, 0.15) is 90.9 Å². The highest BCUT2D eigenvalue weighted by molar-refractivity contribution is 6.38. The van der Waals surface area contributed by atoms with Crippen molar-refractivity contribution in [2.24, 2.45) is 23.2 Å². The van der Waals surface area contributed by atoms with Gasteiger partial charge in [0.05, 0.1) is 6.04 Å². The molecule has 5 atom stereocenters. The Morgan fingerprint density at radius 2 is 1.56 bits per heavy atom. The Balaban J connectivity index is 1.52. The van der Waals surface area contributed by atoms with Crippen LogP contribution in [-0.4, -0.2) is 71.7 Å². The van der Waals surface area contributed by atoms with Crippen molar-refractivity contribution < 1.29 is 24.0 Å². The molecule has 0 radical (unpaired) electrons. The van der Waals surface area contributed by atoms with Crippen LogP contribution in [0.3, 0.4) is 0 Å². The lowest BCUT2D eigenvalue weighted by atomic mass is 9.83. The normalized spacial score (nSPS) is 26.3. The van der Waals surface area contributed by atoms with E-state index in [-0.39, 0.29) is 54.1 Å². The molecule has 4 rings (SSSR count). The van der Waals surface area contributed by atoms with Gasteiger partial charge in [0.2, 0.25) is 17.6 Å². The van der Waals surface area contributed by atoms with E-state index in [4.69, 9.17) is 0 Å². The van der Waals surface area contributed by atoms with E-state index in [9.17, 15) is 24.0 Å². The highest BCUT2D eigenvalue weighted by atomic mass is 16.2. The van der Waals surface area contributed by atoms with Gasteiger partial charge < -0.3 is 26.2 Å². The first kappa shape index (κ1) is 32.7. The summed E-state index contributed by atoms with van der Waals surface area (Å²) in [6, 6.07) is -2.74. The van der Waals surface area contributed by atoms with Gasteiger partial charge in [0, 0.05) is 19.1 Å². The first-order valence-electron chi connectivity index (χ1n) is 16.3. The molecule has 43 heavy (non-hydrogen) atoms. The zero-order valence-corrected chi connectivity index (χ0v) is 26.0. The first-order valence-corrected chi connectivity index (χ1v) is 16.3. The number of carbonyl (C=O) groups excluding carboxylic acids is 5. The zero-order chi connectivity index (χ0) is 31.1. The van der Waals surface area contributed by atoms with Crippen LogP contribution in [0.25, 0.3) is 0 Å². The van der Waals surface area contributed by atoms with E-state index in [1.807, 2.05) is 0 Å². The minimum atomic E-state index is -1.04. The molecule has 1 saturated heterocycles. The topological polar surface area (TPSA) is 137 Å². The highest BCUT2D eigenvalue weighted by Crippen LogP contribution is 2.65. The summed E-state index contributed by atoms with van der Waals surface area (Å²) < 4.78 is 0. The van der Waals surface area contributed by atoms with Crippen molar-refractivity contribution in [1.29, 1.82) is 0 Å². The van der Waals surface area contributed by atoms with Gasteiger partial charge in [-0.05, 0) is 61.7 Å². The Kier molecular flexibility index (Phi) is 11.1. The van der Waals surface area contributed by atoms with Gasteiger partial charge in [-0.25, -0.2) is 4.79 Å². The maximum absolute atomic E-state index is 14.3. The molecule has 4 fully saturated rings. The van der Waals surface area contributed by atoms with E-state index in [0.717, 1.165) is 57.8 Å². The fourth-order valence-corrected chi connectivity index (χ4v) is 7.68. The maximum Gasteiger partial charge on any atom is 0.315 e. The number of amides is 5. The Bertz CT molecular complexity index is 1080. The van der Waals surface area contributed by atoms with Gasteiger partial charge in [-0.2, -0.15) is 0 Å². The number of likely N-dealkylation sites (tertiary alicyclic amines) is 1. The third-order valence-electron chi connectivity index (χ3n) is 10.3. The Morgan fingerprint density at radius 3 is 2.19 bits per heavy atom. The number of nitrogens with one attached hydrogen (secondary N) is 4. The smallest absolute Gasteiger partial charge is 0.315 e. The van der Waals surface area contributed by atoms with Crippen molar-refractivity contribution >= 4 is 29.5 Å². The molecule has 0 aromatic carbocycles. The molecule has 1 heterocycles. The number of rotatable bonds is 13. The molecule has 1 aliphatic heterocycles. The lowest BCUT2D eigenvalue weighted by Crippen LogP contribution is -2.60. The van der Waals surface area contributed by atoms with Crippen LogP contribution < -0.4 is 21.3 Å². The monoisotopic (exact) mass is 597 g/mol. The van der Waals surface area contributed by atoms with Gasteiger partial charge in [0.15, 0.2) is 0 Å². The molecule has 5 amide bonds. The maximum atomic E-state index is 14.3. The summed E-state index contributed by atoms with van der Waals surface area (Å²) in [7, 11) is 0. The van der Waals surface area contributed by atoms with Crippen LogP contribution in [-0.2, 0) is 19.2 Å². The average Bonchev–Trinajstić information content (AvgIpc) is 3.31. The lowest BCUT2D eigenvalue weighted by Gasteiger charge is -2.37. The number of ketones is 1. The molecule has 0 spiro atoms. The van der Waals surface area contributed by atoms with Crippen LogP contribution in [0.15, 0.2) is 25.3 Å².